The van der Waals surface area contributed by atoms with Gasteiger partial charge in [-0.2, -0.15) is 26.8 Å². The average molecular weight is 1570 g/mol. The van der Waals surface area contributed by atoms with Gasteiger partial charge in [-0.25, -0.2) is 27.8 Å². The SMILES string of the molecule is CC(C)(C)OC(=O)C[C@H]1CCCCC/C=C\[C@@H]2C[C@@]2(C(=O)NS(=O)(=O)OC2(C)CC2)CC(=O)[C@@H]2C[C@@H](Oc3cc(Cl)nc(-c4ccccc4)n3)CN2C1=O.CC(C)(C)OC(=O)C[C@H]1CCCCCCC[C@@H]2C[C@@]2(C(=O)NS(=O)(=O)OC2(C)CC2)CC(=O)[C@@H]2C[C@@H](Oc3cc(Cl)nc(-c4ccccc4)n3)CN2C1=O. The topological polar surface area (TPSA) is 342 Å². The van der Waals surface area contributed by atoms with E-state index in [1.807, 2.05) is 72.8 Å². The van der Waals surface area contributed by atoms with Gasteiger partial charge in [0.05, 0.1) is 60.0 Å². The summed E-state index contributed by atoms with van der Waals surface area (Å²) in [5, 5.41) is 0.297. The molecule has 2 aromatic heterocycles. The minimum atomic E-state index is -4.44. The van der Waals surface area contributed by atoms with Crippen molar-refractivity contribution in [3.05, 3.63) is 95.3 Å². The molecule has 26 nitrogen and oxygen atoms in total. The molecule has 2 aromatic carbocycles. The van der Waals surface area contributed by atoms with Crippen LogP contribution in [0.3, 0.4) is 0 Å². The van der Waals surface area contributed by atoms with Crippen LogP contribution in [0, 0.1) is 34.5 Å². The number of allylic oxidation sites excluding steroid dienone is 2. The molecule has 4 saturated carbocycles. The predicted octanol–water partition coefficient (Wildman–Crippen LogP) is 12.0. The standard InChI is InChI=1S/C39H51ClN4O9S.C39H49ClN4O9S/c2*1-37(2,3)52-33(46)19-26-15-9-6-5-7-12-16-27-22-39(27,36(48)43-54(49,50)53-38(4)17-18-38)23-30(45)29-20-28(24-44(29)35(26)47)51-32-21-31(40)41-34(42-32)25-13-10-8-11-14-25/h8,10-11,13-14,21,26-29H,5-7,9,12,15-20,22-24H2,1-4H3,(H,43,48);8,10-14,16,21,26-29H,5-7,9,15,17-20,22-24H2,1-4H3,(H,43,48)/b;16-12-/t2*26-,27-,28-,29+,39-/m11/s1. The van der Waals surface area contributed by atoms with Crippen LogP contribution < -0.4 is 18.9 Å². The smallest absolute Gasteiger partial charge is 0.362 e. The van der Waals surface area contributed by atoms with Crippen LogP contribution in [-0.2, 0) is 76.8 Å². The van der Waals surface area contributed by atoms with E-state index in [0.29, 0.717) is 82.3 Å². The molecule has 586 valence electrons. The van der Waals surface area contributed by atoms with Crippen LogP contribution in [0.25, 0.3) is 22.8 Å². The Morgan fingerprint density at radius 3 is 1.39 bits per heavy atom. The fraction of sp³-hybridized carbons (Fsp3) is 0.615. The molecule has 0 bridgehead atoms. The summed E-state index contributed by atoms with van der Waals surface area (Å²) in [6.45, 7) is 13.9. The van der Waals surface area contributed by atoms with Gasteiger partial charge in [0.2, 0.25) is 35.4 Å². The lowest BCUT2D eigenvalue weighted by molar-refractivity contribution is -0.159. The van der Waals surface area contributed by atoms with Crippen molar-refractivity contribution in [2.75, 3.05) is 13.1 Å². The lowest BCUT2D eigenvalue weighted by Crippen LogP contribution is -2.46. The van der Waals surface area contributed by atoms with Crippen molar-refractivity contribution in [2.45, 2.75) is 256 Å². The van der Waals surface area contributed by atoms with Gasteiger partial charge in [-0.15, -0.1) is 0 Å². The second-order valence-electron chi connectivity index (χ2n) is 32.9. The number of ketones is 2. The highest BCUT2D eigenvalue weighted by Gasteiger charge is 2.64. The zero-order valence-electron chi connectivity index (χ0n) is 62.7. The fourth-order valence-corrected chi connectivity index (χ4v) is 17.7. The van der Waals surface area contributed by atoms with Crippen LogP contribution in [0.4, 0.5) is 0 Å². The molecule has 2 N–H and O–H groups in total. The number of ether oxygens (including phenoxy) is 4. The van der Waals surface area contributed by atoms with E-state index in [1.54, 1.807) is 55.4 Å². The third-order valence-electron chi connectivity index (χ3n) is 21.3. The van der Waals surface area contributed by atoms with Crippen LogP contribution in [0.5, 0.6) is 11.8 Å². The number of carbonyl (C=O) groups is 8. The molecule has 4 aliphatic carbocycles. The Kier molecular flexibility index (Phi) is 25.1. The molecule has 3 saturated heterocycles. The van der Waals surface area contributed by atoms with Gasteiger partial charge in [0.15, 0.2) is 23.2 Å². The van der Waals surface area contributed by atoms with Crippen molar-refractivity contribution in [3.63, 3.8) is 0 Å². The molecule has 8 aliphatic rings. The van der Waals surface area contributed by atoms with Gasteiger partial charge in [-0.1, -0.05) is 141 Å². The maximum absolute atomic E-state index is 14.5. The van der Waals surface area contributed by atoms with E-state index in [4.69, 9.17) is 50.5 Å². The van der Waals surface area contributed by atoms with Crippen molar-refractivity contribution in [3.8, 4) is 34.5 Å². The minimum Gasteiger partial charge on any atom is -0.472 e. The largest absolute Gasteiger partial charge is 0.472 e. The molecule has 4 amide bonds. The molecule has 10 atom stereocenters. The Morgan fingerprint density at radius 2 is 0.954 bits per heavy atom. The predicted molar refractivity (Wildman–Crippen MR) is 398 cm³/mol. The number of hydrogen-bond donors (Lipinski definition) is 2. The van der Waals surface area contributed by atoms with Gasteiger partial charge in [0.1, 0.15) is 33.7 Å². The Hall–Kier alpha value is -7.50. The summed E-state index contributed by atoms with van der Waals surface area (Å²) < 4.78 is 90.2. The lowest BCUT2D eigenvalue weighted by atomic mass is 9.90. The highest BCUT2D eigenvalue weighted by Crippen LogP contribution is 2.60. The number of esters is 2. The van der Waals surface area contributed by atoms with Gasteiger partial charge in [0.25, 0.3) is 0 Å². The molecule has 0 spiro atoms. The maximum atomic E-state index is 14.5. The zero-order chi connectivity index (χ0) is 77.8. The van der Waals surface area contributed by atoms with Crippen molar-refractivity contribution >= 4 is 90.9 Å². The fourth-order valence-electron chi connectivity index (χ4n) is 15.1. The first-order valence-corrected chi connectivity index (χ1v) is 41.3. The first-order valence-electron chi connectivity index (χ1n) is 37.7. The third-order valence-corrected chi connectivity index (χ3v) is 23.8. The number of hydrogen-bond acceptors (Lipinski definition) is 22. The molecule has 108 heavy (non-hydrogen) atoms. The highest BCUT2D eigenvalue weighted by atomic mass is 35.5. The summed E-state index contributed by atoms with van der Waals surface area (Å²) in [7, 11) is -8.85. The number of fused-ring (bicyclic) bond motifs is 4. The molecular weight excluding hydrogens is 1470 g/mol. The van der Waals surface area contributed by atoms with Gasteiger partial charge >= 0.3 is 32.5 Å². The second-order valence-corrected chi connectivity index (χ2v) is 36.3. The van der Waals surface area contributed by atoms with Crippen molar-refractivity contribution in [2.24, 2.45) is 34.5 Å². The van der Waals surface area contributed by atoms with E-state index in [1.165, 1.54) is 21.9 Å². The molecule has 7 fully saturated rings. The maximum Gasteiger partial charge on any atom is 0.362 e. The van der Waals surface area contributed by atoms with Gasteiger partial charge in [-0.3, -0.25) is 38.4 Å². The number of halogens is 2. The number of nitrogens with zero attached hydrogens (tertiary/aromatic N) is 6. The number of benzene rings is 2. The summed E-state index contributed by atoms with van der Waals surface area (Å²) >= 11 is 12.8. The lowest BCUT2D eigenvalue weighted by Gasteiger charge is -2.29. The Labute approximate surface area is 642 Å². The normalized spacial score (nSPS) is 27.6. The van der Waals surface area contributed by atoms with Crippen molar-refractivity contribution in [1.29, 1.82) is 0 Å². The average Bonchev–Trinajstić information content (AvgIpc) is 1.58. The molecule has 4 aromatic rings. The third kappa shape index (κ3) is 22.0. The summed E-state index contributed by atoms with van der Waals surface area (Å²) in [6, 6.07) is 19.4. The van der Waals surface area contributed by atoms with E-state index in [9.17, 15) is 55.2 Å². The Bertz CT molecular complexity index is 4280. The zero-order valence-corrected chi connectivity index (χ0v) is 65.8. The van der Waals surface area contributed by atoms with Crippen molar-refractivity contribution < 1.29 is 82.5 Å². The van der Waals surface area contributed by atoms with E-state index >= 15 is 0 Å². The molecule has 30 heteroatoms. The van der Waals surface area contributed by atoms with Gasteiger partial charge in [-0.05, 0) is 138 Å². The summed E-state index contributed by atoms with van der Waals surface area (Å²) in [4.78, 5) is 133. The number of amides is 4. The summed E-state index contributed by atoms with van der Waals surface area (Å²) in [5.74, 6) is -5.20. The minimum absolute atomic E-state index is 0.00564. The summed E-state index contributed by atoms with van der Waals surface area (Å²) in [6.07, 6.45) is 13.2. The van der Waals surface area contributed by atoms with E-state index in [2.05, 4.69) is 29.4 Å². The van der Waals surface area contributed by atoms with Crippen LogP contribution in [-0.4, -0.2) is 153 Å². The number of carbonyl (C=O) groups excluding carboxylic acids is 8. The molecule has 12 rings (SSSR count). The van der Waals surface area contributed by atoms with Gasteiger partial charge in [0, 0.05) is 60.8 Å². The Balaban J connectivity index is 0.000000215. The van der Waals surface area contributed by atoms with Crippen LogP contribution in [0.2, 0.25) is 10.3 Å². The number of aromatic nitrogens is 4. The van der Waals surface area contributed by atoms with Crippen LogP contribution in [0.15, 0.2) is 84.9 Å². The number of Topliss-reactive ketones (excluding diaryl/α,β-unsaturated/α-hetero) is 2. The monoisotopic (exact) mass is 1570 g/mol. The summed E-state index contributed by atoms with van der Waals surface area (Å²) in [5.41, 5.74) is -4.34. The van der Waals surface area contributed by atoms with Crippen LogP contribution in [0.1, 0.15) is 209 Å². The first-order chi connectivity index (χ1) is 50.9. The number of rotatable bonds is 18. The highest BCUT2D eigenvalue weighted by molar-refractivity contribution is 7.85. The molecule has 0 radical (unpaired) electrons. The second kappa shape index (κ2) is 33.2. The van der Waals surface area contributed by atoms with E-state index < -0.39 is 120 Å². The van der Waals surface area contributed by atoms with E-state index in [-0.39, 0.29) is 110 Å². The van der Waals surface area contributed by atoms with Gasteiger partial charge < -0.3 is 28.7 Å². The van der Waals surface area contributed by atoms with Crippen molar-refractivity contribution in [1.82, 2.24) is 39.2 Å². The molecule has 6 heterocycles. The number of nitrogens with one attached hydrogen (secondary N) is 2. The first kappa shape index (κ1) is 81.5. The molecule has 4 aliphatic heterocycles. The van der Waals surface area contributed by atoms with E-state index in [0.717, 1.165) is 49.7 Å². The quantitative estimate of drug-likeness (QED) is 0.0531. The molecule has 0 unspecified atom stereocenters. The molecular formula is C78H100Cl2N8O18S2. The Morgan fingerprint density at radius 1 is 0.546 bits per heavy atom. The van der Waals surface area contributed by atoms with Crippen LogP contribution >= 0.6 is 23.2 Å².